The van der Waals surface area contributed by atoms with Gasteiger partial charge in [0.05, 0.1) is 13.4 Å². The Hall–Kier alpha value is -0.380. The zero-order valence-corrected chi connectivity index (χ0v) is 11.0. The summed E-state index contributed by atoms with van der Waals surface area (Å²) in [6, 6.07) is 0. The smallest absolute Gasteiger partial charge is 0.459 e. The van der Waals surface area contributed by atoms with Crippen LogP contribution in [-0.4, -0.2) is 23.6 Å². The van der Waals surface area contributed by atoms with Crippen molar-refractivity contribution in [1.29, 1.82) is 0 Å². The van der Waals surface area contributed by atoms with Crippen LogP contribution in [0.2, 0.25) is 0 Å². The molecule has 0 aliphatic rings. The molecule has 0 aromatic heterocycles. The molecule has 1 atom stereocenters. The van der Waals surface area contributed by atoms with Crippen LogP contribution in [0.3, 0.4) is 0 Å². The van der Waals surface area contributed by atoms with E-state index < -0.39 is 44.3 Å². The van der Waals surface area contributed by atoms with Crippen LogP contribution in [0.4, 0.5) is 30.7 Å². The number of phosphoric ester groups is 1. The lowest BCUT2D eigenvalue weighted by Crippen LogP contribution is -2.55. The first-order valence-electron chi connectivity index (χ1n) is 5.03. The SMILES string of the molecule is CCC(C)(CC(F)(F)C(F)(F)C(F)(F)F)OP(=O)([O-])[O-]. The predicted molar refractivity (Wildman–Crippen MR) is 48.0 cm³/mol. The van der Waals surface area contributed by atoms with Gasteiger partial charge in [-0.3, -0.25) is 0 Å². The zero-order valence-electron chi connectivity index (χ0n) is 10.1. The summed E-state index contributed by atoms with van der Waals surface area (Å²) < 4.78 is 101. The van der Waals surface area contributed by atoms with Gasteiger partial charge in [0.1, 0.15) is 0 Å². The fourth-order valence-electron chi connectivity index (χ4n) is 1.28. The quantitative estimate of drug-likeness (QED) is 0.552. The molecule has 20 heavy (non-hydrogen) atoms. The van der Waals surface area contributed by atoms with E-state index in [2.05, 4.69) is 4.52 Å². The first kappa shape index (κ1) is 19.6. The number of alkyl halides is 7. The van der Waals surface area contributed by atoms with E-state index in [4.69, 9.17) is 0 Å². The second-order valence-corrected chi connectivity index (χ2v) is 5.37. The van der Waals surface area contributed by atoms with Crippen LogP contribution < -0.4 is 9.79 Å². The molecular formula is C8H10F7O4P-2. The van der Waals surface area contributed by atoms with E-state index in [1.165, 1.54) is 0 Å². The molecular weight excluding hydrogens is 324 g/mol. The highest BCUT2D eigenvalue weighted by atomic mass is 31.2. The summed E-state index contributed by atoms with van der Waals surface area (Å²) in [5, 5.41) is 0. The highest BCUT2D eigenvalue weighted by molar-refractivity contribution is 7.43. The minimum absolute atomic E-state index is 0.524. The topological polar surface area (TPSA) is 72.4 Å². The van der Waals surface area contributed by atoms with Gasteiger partial charge in [0.2, 0.25) is 0 Å². The second-order valence-electron chi connectivity index (χ2n) is 4.30. The lowest BCUT2D eigenvalue weighted by Gasteiger charge is -2.42. The maximum Gasteiger partial charge on any atom is 0.459 e. The van der Waals surface area contributed by atoms with Crippen LogP contribution in [0.1, 0.15) is 26.7 Å². The van der Waals surface area contributed by atoms with Crippen molar-refractivity contribution in [1.82, 2.24) is 0 Å². The third-order valence-electron chi connectivity index (χ3n) is 2.49. The van der Waals surface area contributed by atoms with Crippen LogP contribution in [0.5, 0.6) is 0 Å². The Morgan fingerprint density at radius 2 is 1.45 bits per heavy atom. The molecule has 0 aliphatic heterocycles. The van der Waals surface area contributed by atoms with Gasteiger partial charge in [-0.05, 0) is 13.3 Å². The second kappa shape index (κ2) is 5.43. The molecule has 0 fully saturated rings. The first-order chi connectivity index (χ1) is 8.47. The molecule has 0 aliphatic carbocycles. The average Bonchev–Trinajstić information content (AvgIpc) is 2.11. The molecule has 0 heterocycles. The highest BCUT2D eigenvalue weighted by Crippen LogP contribution is 2.51. The standard InChI is InChI=1S/C8H12F7O4P/c1-3-5(2,19-20(16,17)18)4-6(9,10)7(11,12)8(13,14)15/h3-4H2,1-2H3,(H2,16,17,18)/p-2. The maximum absolute atomic E-state index is 13.1. The van der Waals surface area contributed by atoms with Crippen molar-refractivity contribution in [2.75, 3.05) is 0 Å². The summed E-state index contributed by atoms with van der Waals surface area (Å²) in [6.45, 7) is 1.51. The molecule has 0 aromatic carbocycles. The number of hydrogen-bond acceptors (Lipinski definition) is 4. The van der Waals surface area contributed by atoms with Gasteiger partial charge in [0, 0.05) is 6.42 Å². The zero-order chi connectivity index (χ0) is 16.6. The number of phosphoric acid groups is 1. The number of rotatable bonds is 6. The largest absolute Gasteiger partial charge is 0.790 e. The minimum Gasteiger partial charge on any atom is -0.790 e. The Bertz CT molecular complexity index is 391. The van der Waals surface area contributed by atoms with Crippen LogP contribution in [0.15, 0.2) is 0 Å². The van der Waals surface area contributed by atoms with E-state index in [0.717, 1.165) is 6.92 Å². The molecule has 0 amide bonds. The van der Waals surface area contributed by atoms with Crippen molar-refractivity contribution < 1.29 is 49.6 Å². The molecule has 0 bridgehead atoms. The van der Waals surface area contributed by atoms with Crippen LogP contribution in [-0.2, 0) is 9.09 Å². The van der Waals surface area contributed by atoms with E-state index in [9.17, 15) is 45.1 Å². The summed E-state index contributed by atoms with van der Waals surface area (Å²) >= 11 is 0. The number of hydrogen-bond donors (Lipinski definition) is 0. The van der Waals surface area contributed by atoms with Gasteiger partial charge >= 0.3 is 18.0 Å². The van der Waals surface area contributed by atoms with Crippen LogP contribution in [0, 0.1) is 0 Å². The van der Waals surface area contributed by atoms with Gasteiger partial charge in [-0.2, -0.15) is 30.7 Å². The molecule has 0 spiro atoms. The minimum atomic E-state index is -6.54. The predicted octanol–water partition coefficient (Wildman–Crippen LogP) is 2.22. The molecule has 4 nitrogen and oxygen atoms in total. The van der Waals surface area contributed by atoms with E-state index in [-0.39, 0.29) is 0 Å². The van der Waals surface area contributed by atoms with Gasteiger partial charge < -0.3 is 18.9 Å². The van der Waals surface area contributed by atoms with E-state index in [0.29, 0.717) is 6.92 Å². The lowest BCUT2D eigenvalue weighted by molar-refractivity contribution is -0.368. The lowest BCUT2D eigenvalue weighted by atomic mass is 9.92. The fraction of sp³-hybridized carbons (Fsp3) is 1.00. The van der Waals surface area contributed by atoms with Gasteiger partial charge in [-0.15, -0.1) is 0 Å². The molecule has 0 radical (unpaired) electrons. The summed E-state index contributed by atoms with van der Waals surface area (Å²) in [5.74, 6) is -12.0. The van der Waals surface area contributed by atoms with Crippen molar-refractivity contribution in [3.8, 4) is 0 Å². The normalized spacial score (nSPS) is 17.9. The van der Waals surface area contributed by atoms with Crippen molar-refractivity contribution in [2.45, 2.75) is 50.3 Å². The molecule has 0 aromatic rings. The van der Waals surface area contributed by atoms with Crippen LogP contribution in [0.25, 0.3) is 0 Å². The van der Waals surface area contributed by atoms with Gasteiger partial charge in [-0.25, -0.2) is 0 Å². The summed E-state index contributed by atoms with van der Waals surface area (Å²) in [7, 11) is -5.84. The Morgan fingerprint density at radius 3 is 1.70 bits per heavy atom. The highest BCUT2D eigenvalue weighted by Gasteiger charge is 2.73. The summed E-state index contributed by atoms with van der Waals surface area (Å²) in [5.41, 5.74) is -2.68. The molecule has 0 N–H and O–H groups in total. The molecule has 12 heteroatoms. The molecule has 0 saturated heterocycles. The van der Waals surface area contributed by atoms with Crippen LogP contribution >= 0.6 is 7.82 Å². The molecule has 122 valence electrons. The maximum atomic E-state index is 13.1. The molecule has 1 unspecified atom stereocenters. The van der Waals surface area contributed by atoms with Gasteiger partial charge in [0.25, 0.3) is 0 Å². The van der Waals surface area contributed by atoms with Crippen molar-refractivity contribution >= 4 is 7.82 Å². The van der Waals surface area contributed by atoms with Gasteiger partial charge in [0.15, 0.2) is 0 Å². The third kappa shape index (κ3) is 4.57. The molecule has 0 saturated carbocycles. The van der Waals surface area contributed by atoms with Gasteiger partial charge in [-0.1, -0.05) is 6.92 Å². The summed E-state index contributed by atoms with van der Waals surface area (Å²) in [6.07, 6.45) is -9.54. The van der Waals surface area contributed by atoms with E-state index in [1.54, 1.807) is 0 Å². The average molecular weight is 334 g/mol. The van der Waals surface area contributed by atoms with E-state index >= 15 is 0 Å². The number of halogens is 7. The summed E-state index contributed by atoms with van der Waals surface area (Å²) in [4.78, 5) is 20.7. The third-order valence-corrected chi connectivity index (χ3v) is 3.16. The van der Waals surface area contributed by atoms with Crippen molar-refractivity contribution in [3.05, 3.63) is 0 Å². The Morgan fingerprint density at radius 1 is 1.05 bits per heavy atom. The van der Waals surface area contributed by atoms with E-state index in [1.807, 2.05) is 0 Å². The Balaban J connectivity index is 5.39. The molecule has 0 rings (SSSR count). The monoisotopic (exact) mass is 334 g/mol. The van der Waals surface area contributed by atoms with Crippen molar-refractivity contribution in [3.63, 3.8) is 0 Å². The Labute approximate surface area is 109 Å². The Kier molecular flexibility index (Phi) is 5.33. The fourth-order valence-corrected chi connectivity index (χ4v) is 2.01. The van der Waals surface area contributed by atoms with Crippen molar-refractivity contribution in [2.24, 2.45) is 0 Å². The first-order valence-corrected chi connectivity index (χ1v) is 6.49.